The second kappa shape index (κ2) is 8.62. The van der Waals surface area contributed by atoms with Crippen LogP contribution in [-0.2, 0) is 4.79 Å². The Morgan fingerprint density at radius 2 is 1.73 bits per heavy atom. The lowest BCUT2D eigenvalue weighted by atomic mass is 10.2. The number of rotatable bonds is 7. The Balaban J connectivity index is 1.46. The van der Waals surface area contributed by atoms with E-state index in [1.807, 2.05) is 61.5 Å². The number of hydrogen-bond acceptors (Lipinski definition) is 5. The van der Waals surface area contributed by atoms with Crippen LogP contribution in [0.25, 0.3) is 0 Å². The van der Waals surface area contributed by atoms with Crippen molar-refractivity contribution in [1.82, 2.24) is 10.2 Å². The molecule has 0 atom stereocenters. The Labute approximate surface area is 152 Å². The van der Waals surface area contributed by atoms with Crippen LogP contribution >= 0.6 is 0 Å². The van der Waals surface area contributed by atoms with Crippen LogP contribution in [0.1, 0.15) is 12.0 Å². The number of hydrogen-bond donors (Lipinski definition) is 2. The molecule has 3 rings (SSSR count). The summed E-state index contributed by atoms with van der Waals surface area (Å²) in [5.41, 5.74) is 2.10. The quantitative estimate of drug-likeness (QED) is 0.676. The summed E-state index contributed by atoms with van der Waals surface area (Å²) in [6.45, 7) is 2.33. The molecule has 1 amide bonds. The van der Waals surface area contributed by atoms with Gasteiger partial charge in [0.25, 0.3) is 0 Å². The minimum Gasteiger partial charge on any atom is -0.493 e. The molecule has 0 saturated carbocycles. The summed E-state index contributed by atoms with van der Waals surface area (Å²) in [7, 11) is 0. The molecule has 132 valence electrons. The third-order valence-corrected chi connectivity index (χ3v) is 3.56. The summed E-state index contributed by atoms with van der Waals surface area (Å²) in [5.74, 6) is 1.59. The average molecular weight is 348 g/mol. The second-order valence-corrected chi connectivity index (χ2v) is 5.76. The number of benzene rings is 2. The SMILES string of the molecule is Cc1cccc(Nc2ccc(NC(=O)CCOc3ccccc3)nn2)c1. The van der Waals surface area contributed by atoms with Crippen molar-refractivity contribution in [3.63, 3.8) is 0 Å². The lowest BCUT2D eigenvalue weighted by molar-refractivity contribution is -0.116. The lowest BCUT2D eigenvalue weighted by Crippen LogP contribution is -2.16. The summed E-state index contributed by atoms with van der Waals surface area (Å²) in [6, 6.07) is 20.8. The van der Waals surface area contributed by atoms with Gasteiger partial charge in [-0.15, -0.1) is 10.2 Å². The maximum absolute atomic E-state index is 11.9. The van der Waals surface area contributed by atoms with Crippen molar-refractivity contribution in [1.29, 1.82) is 0 Å². The molecule has 2 aromatic carbocycles. The minimum atomic E-state index is -0.172. The fourth-order valence-electron chi connectivity index (χ4n) is 2.32. The average Bonchev–Trinajstić information content (AvgIpc) is 2.64. The Morgan fingerprint density at radius 1 is 0.962 bits per heavy atom. The zero-order valence-electron chi connectivity index (χ0n) is 14.5. The van der Waals surface area contributed by atoms with Crippen LogP contribution in [0, 0.1) is 6.92 Å². The molecule has 0 unspecified atom stereocenters. The van der Waals surface area contributed by atoms with Crippen molar-refractivity contribution in [2.24, 2.45) is 0 Å². The number of anilines is 3. The van der Waals surface area contributed by atoms with Crippen LogP contribution in [0.15, 0.2) is 66.7 Å². The van der Waals surface area contributed by atoms with Gasteiger partial charge in [0.15, 0.2) is 11.6 Å². The van der Waals surface area contributed by atoms with E-state index in [0.29, 0.717) is 18.2 Å². The highest BCUT2D eigenvalue weighted by Gasteiger charge is 2.05. The van der Waals surface area contributed by atoms with Gasteiger partial charge in [0, 0.05) is 5.69 Å². The van der Waals surface area contributed by atoms with Crippen LogP contribution in [0.5, 0.6) is 5.75 Å². The van der Waals surface area contributed by atoms with Gasteiger partial charge >= 0.3 is 0 Å². The normalized spacial score (nSPS) is 10.2. The second-order valence-electron chi connectivity index (χ2n) is 5.76. The largest absolute Gasteiger partial charge is 0.493 e. The van der Waals surface area contributed by atoms with Crippen molar-refractivity contribution in [3.8, 4) is 5.75 Å². The van der Waals surface area contributed by atoms with Gasteiger partial charge in [-0.3, -0.25) is 4.79 Å². The van der Waals surface area contributed by atoms with Crippen LogP contribution < -0.4 is 15.4 Å². The number of carbonyl (C=O) groups excluding carboxylic acids is 1. The van der Waals surface area contributed by atoms with Gasteiger partial charge < -0.3 is 15.4 Å². The van der Waals surface area contributed by atoms with Crippen molar-refractivity contribution < 1.29 is 9.53 Å². The minimum absolute atomic E-state index is 0.172. The van der Waals surface area contributed by atoms with Gasteiger partial charge in [-0.05, 0) is 48.9 Å². The molecule has 1 heterocycles. The van der Waals surface area contributed by atoms with E-state index in [2.05, 4.69) is 20.8 Å². The fourth-order valence-corrected chi connectivity index (χ4v) is 2.32. The van der Waals surface area contributed by atoms with E-state index >= 15 is 0 Å². The molecule has 3 aromatic rings. The van der Waals surface area contributed by atoms with Crippen LogP contribution in [0.4, 0.5) is 17.3 Å². The number of nitrogens with zero attached hydrogens (tertiary/aromatic N) is 2. The molecule has 0 radical (unpaired) electrons. The Hall–Kier alpha value is -3.41. The molecule has 6 nitrogen and oxygen atoms in total. The highest BCUT2D eigenvalue weighted by Crippen LogP contribution is 2.16. The molecule has 0 aliphatic carbocycles. The smallest absolute Gasteiger partial charge is 0.229 e. The zero-order chi connectivity index (χ0) is 18.2. The first-order valence-electron chi connectivity index (χ1n) is 8.34. The first kappa shape index (κ1) is 17.4. The predicted octanol–water partition coefficient (Wildman–Crippen LogP) is 3.94. The van der Waals surface area contributed by atoms with E-state index in [9.17, 15) is 4.79 Å². The summed E-state index contributed by atoms with van der Waals surface area (Å²) in [4.78, 5) is 11.9. The Kier molecular flexibility index (Phi) is 5.77. The first-order valence-corrected chi connectivity index (χ1v) is 8.34. The van der Waals surface area contributed by atoms with Crippen LogP contribution in [0.2, 0.25) is 0 Å². The number of aryl methyl sites for hydroxylation is 1. The standard InChI is InChI=1S/C20H20N4O2/c1-15-6-5-7-16(14-15)21-18-10-11-19(24-23-18)22-20(25)12-13-26-17-8-3-2-4-9-17/h2-11,14H,12-13H2,1H3,(H,21,23)(H,22,24,25). The number of ether oxygens (including phenoxy) is 1. The molecule has 26 heavy (non-hydrogen) atoms. The topological polar surface area (TPSA) is 76.1 Å². The molecular weight excluding hydrogens is 328 g/mol. The maximum atomic E-state index is 11.9. The van der Waals surface area contributed by atoms with Gasteiger partial charge in [-0.25, -0.2) is 0 Å². The third kappa shape index (κ3) is 5.31. The number of para-hydroxylation sites is 1. The number of nitrogens with one attached hydrogen (secondary N) is 2. The summed E-state index contributed by atoms with van der Waals surface area (Å²) < 4.78 is 5.50. The number of amides is 1. The number of carbonyl (C=O) groups is 1. The number of aromatic nitrogens is 2. The first-order chi connectivity index (χ1) is 12.7. The maximum Gasteiger partial charge on any atom is 0.229 e. The van der Waals surface area contributed by atoms with E-state index in [-0.39, 0.29) is 12.3 Å². The molecule has 1 aromatic heterocycles. The van der Waals surface area contributed by atoms with Crippen LogP contribution in [0.3, 0.4) is 0 Å². The Bertz CT molecular complexity index is 851. The zero-order valence-corrected chi connectivity index (χ0v) is 14.5. The third-order valence-electron chi connectivity index (χ3n) is 3.56. The predicted molar refractivity (Wildman–Crippen MR) is 102 cm³/mol. The summed E-state index contributed by atoms with van der Waals surface area (Å²) in [6.07, 6.45) is 0.236. The van der Waals surface area contributed by atoms with Gasteiger partial charge in [0.2, 0.25) is 5.91 Å². The molecule has 0 spiro atoms. The van der Waals surface area contributed by atoms with Gasteiger partial charge in [-0.1, -0.05) is 30.3 Å². The summed E-state index contributed by atoms with van der Waals surface area (Å²) >= 11 is 0. The summed E-state index contributed by atoms with van der Waals surface area (Å²) in [5, 5.41) is 14.0. The Morgan fingerprint density at radius 3 is 2.46 bits per heavy atom. The molecule has 0 fully saturated rings. The monoisotopic (exact) mass is 348 g/mol. The highest BCUT2D eigenvalue weighted by molar-refractivity contribution is 5.89. The van der Waals surface area contributed by atoms with Gasteiger partial charge in [-0.2, -0.15) is 0 Å². The van der Waals surface area contributed by atoms with E-state index in [1.165, 1.54) is 0 Å². The van der Waals surface area contributed by atoms with Crippen molar-refractivity contribution in [2.45, 2.75) is 13.3 Å². The molecule has 0 aliphatic heterocycles. The van der Waals surface area contributed by atoms with Crippen LogP contribution in [-0.4, -0.2) is 22.7 Å². The molecule has 0 bridgehead atoms. The van der Waals surface area contributed by atoms with Gasteiger partial charge in [0.05, 0.1) is 13.0 Å². The highest BCUT2D eigenvalue weighted by atomic mass is 16.5. The molecule has 2 N–H and O–H groups in total. The molecule has 0 saturated heterocycles. The fraction of sp³-hybridized carbons (Fsp3) is 0.150. The molecule has 6 heteroatoms. The van der Waals surface area contributed by atoms with E-state index in [0.717, 1.165) is 17.0 Å². The van der Waals surface area contributed by atoms with Crippen molar-refractivity contribution in [3.05, 3.63) is 72.3 Å². The molecule has 0 aliphatic rings. The molecular formula is C20H20N4O2. The van der Waals surface area contributed by atoms with Gasteiger partial charge in [0.1, 0.15) is 5.75 Å². The lowest BCUT2D eigenvalue weighted by Gasteiger charge is -2.08. The van der Waals surface area contributed by atoms with E-state index in [1.54, 1.807) is 12.1 Å². The van der Waals surface area contributed by atoms with E-state index in [4.69, 9.17) is 4.74 Å². The van der Waals surface area contributed by atoms with Crippen molar-refractivity contribution in [2.75, 3.05) is 17.2 Å². The van der Waals surface area contributed by atoms with Crippen molar-refractivity contribution >= 4 is 23.2 Å². The van der Waals surface area contributed by atoms with E-state index < -0.39 is 0 Å².